The third-order valence-electron chi connectivity index (χ3n) is 4.15. The number of Topliss-reactive ketones (excluding diaryl/α,β-unsaturated/α-hetero) is 1. The van der Waals surface area contributed by atoms with Gasteiger partial charge in [-0.3, -0.25) is 4.79 Å². The van der Waals surface area contributed by atoms with Crippen LogP contribution in [-0.2, 0) is 11.8 Å². The molecule has 0 aliphatic carbocycles. The molecule has 2 aromatic carbocycles. The van der Waals surface area contributed by atoms with Gasteiger partial charge >= 0.3 is 0 Å². The zero-order valence-electron chi connectivity index (χ0n) is 14.4. The second-order valence-corrected chi connectivity index (χ2v) is 7.07. The van der Waals surface area contributed by atoms with Crippen molar-refractivity contribution in [2.24, 2.45) is 0 Å². The summed E-state index contributed by atoms with van der Waals surface area (Å²) in [5, 5.41) is 0. The molecule has 0 bridgehead atoms. The number of rotatable bonds is 4. The highest BCUT2D eigenvalue weighted by atomic mass is 16.1. The molecule has 0 saturated carbocycles. The lowest BCUT2D eigenvalue weighted by molar-refractivity contribution is 0.0993. The molecule has 24 heavy (non-hydrogen) atoms. The number of carbonyl (C=O) groups is 1. The molecule has 0 atom stereocenters. The van der Waals surface area contributed by atoms with Crippen LogP contribution in [0.4, 0.5) is 0 Å². The summed E-state index contributed by atoms with van der Waals surface area (Å²) in [5.74, 6) is 0.150. The van der Waals surface area contributed by atoms with Gasteiger partial charge in [0.25, 0.3) is 0 Å². The molecule has 3 heteroatoms. The van der Waals surface area contributed by atoms with Crippen molar-refractivity contribution in [3.8, 4) is 5.69 Å². The maximum atomic E-state index is 12.6. The Kier molecular flexibility index (Phi) is 4.34. The van der Waals surface area contributed by atoms with Crippen LogP contribution in [0.15, 0.2) is 67.3 Å². The summed E-state index contributed by atoms with van der Waals surface area (Å²) in [6.45, 7) is 6.47. The summed E-state index contributed by atoms with van der Waals surface area (Å²) in [4.78, 5) is 16.6. The quantitative estimate of drug-likeness (QED) is 0.659. The third kappa shape index (κ3) is 3.62. The van der Waals surface area contributed by atoms with Crippen LogP contribution in [0.1, 0.15) is 42.3 Å². The van der Waals surface area contributed by atoms with E-state index in [0.29, 0.717) is 6.42 Å². The Labute approximate surface area is 143 Å². The van der Waals surface area contributed by atoms with Gasteiger partial charge in [-0.15, -0.1) is 0 Å². The molecule has 0 aliphatic heterocycles. The van der Waals surface area contributed by atoms with Crippen LogP contribution < -0.4 is 0 Å². The van der Waals surface area contributed by atoms with Crippen LogP contribution in [-0.4, -0.2) is 15.3 Å². The van der Waals surface area contributed by atoms with Gasteiger partial charge in [0.1, 0.15) is 0 Å². The van der Waals surface area contributed by atoms with E-state index in [1.165, 1.54) is 5.56 Å². The number of hydrogen-bond acceptors (Lipinski definition) is 2. The molecule has 0 fully saturated rings. The van der Waals surface area contributed by atoms with Crippen molar-refractivity contribution in [1.29, 1.82) is 0 Å². The molecule has 0 aliphatic rings. The monoisotopic (exact) mass is 318 g/mol. The van der Waals surface area contributed by atoms with Crippen molar-refractivity contribution < 1.29 is 4.79 Å². The number of hydrogen-bond donors (Lipinski definition) is 0. The fraction of sp³-hybridized carbons (Fsp3) is 0.238. The van der Waals surface area contributed by atoms with Gasteiger partial charge in [0.15, 0.2) is 5.78 Å². The van der Waals surface area contributed by atoms with Gasteiger partial charge in [-0.05, 0) is 34.7 Å². The van der Waals surface area contributed by atoms with E-state index in [0.717, 1.165) is 16.8 Å². The number of aromatic nitrogens is 2. The maximum absolute atomic E-state index is 12.6. The molecule has 0 spiro atoms. The molecule has 0 unspecified atom stereocenters. The largest absolute Gasteiger partial charge is 0.306 e. The van der Waals surface area contributed by atoms with Crippen LogP contribution in [0.5, 0.6) is 0 Å². The normalized spacial score (nSPS) is 11.5. The van der Waals surface area contributed by atoms with Gasteiger partial charge in [0, 0.05) is 30.1 Å². The molecule has 3 aromatic rings. The Bertz CT molecular complexity index is 825. The Morgan fingerprint density at radius 2 is 1.83 bits per heavy atom. The maximum Gasteiger partial charge on any atom is 0.167 e. The zero-order chi connectivity index (χ0) is 17.2. The SMILES string of the molecule is CC(C)(C)c1cccc(C(=O)Cc2ccc(-n3ccnc3)cc2)c1. The average molecular weight is 318 g/mol. The predicted molar refractivity (Wildman–Crippen MR) is 96.7 cm³/mol. The second kappa shape index (κ2) is 6.44. The molecule has 122 valence electrons. The van der Waals surface area contributed by atoms with Crippen molar-refractivity contribution in [1.82, 2.24) is 9.55 Å². The molecule has 3 nitrogen and oxygen atoms in total. The van der Waals surface area contributed by atoms with Gasteiger partial charge in [0.2, 0.25) is 0 Å². The van der Waals surface area contributed by atoms with Crippen molar-refractivity contribution in [3.05, 3.63) is 83.9 Å². The van der Waals surface area contributed by atoms with E-state index in [2.05, 4.69) is 31.8 Å². The summed E-state index contributed by atoms with van der Waals surface area (Å²) < 4.78 is 1.94. The molecule has 0 saturated heterocycles. The lowest BCUT2D eigenvalue weighted by atomic mass is 9.85. The number of imidazole rings is 1. The smallest absolute Gasteiger partial charge is 0.167 e. The predicted octanol–water partition coefficient (Wildman–Crippen LogP) is 4.60. The van der Waals surface area contributed by atoms with Crippen molar-refractivity contribution in [2.45, 2.75) is 32.6 Å². The summed E-state index contributed by atoms with van der Waals surface area (Å²) in [5.41, 5.74) is 4.07. The van der Waals surface area contributed by atoms with Gasteiger partial charge in [-0.2, -0.15) is 0 Å². The lowest BCUT2D eigenvalue weighted by Crippen LogP contribution is -2.12. The van der Waals surface area contributed by atoms with Crippen LogP contribution in [0.25, 0.3) is 5.69 Å². The minimum absolute atomic E-state index is 0.0444. The topological polar surface area (TPSA) is 34.9 Å². The third-order valence-corrected chi connectivity index (χ3v) is 4.15. The number of nitrogens with zero attached hydrogens (tertiary/aromatic N) is 2. The first-order valence-electron chi connectivity index (χ1n) is 8.14. The number of benzene rings is 2. The van der Waals surface area contributed by atoms with E-state index >= 15 is 0 Å². The Balaban J connectivity index is 1.75. The molecule has 0 N–H and O–H groups in total. The van der Waals surface area contributed by atoms with E-state index in [4.69, 9.17) is 0 Å². The molecule has 3 rings (SSSR count). The average Bonchev–Trinajstić information content (AvgIpc) is 3.09. The number of carbonyl (C=O) groups excluding carboxylic acids is 1. The van der Waals surface area contributed by atoms with Crippen LogP contribution in [0, 0.1) is 0 Å². The molecular formula is C21H22N2O. The molecule has 0 amide bonds. The van der Waals surface area contributed by atoms with E-state index < -0.39 is 0 Å². The summed E-state index contributed by atoms with van der Waals surface area (Å²) >= 11 is 0. The summed E-state index contributed by atoms with van der Waals surface area (Å²) in [6.07, 6.45) is 5.83. The summed E-state index contributed by atoms with van der Waals surface area (Å²) in [7, 11) is 0. The highest BCUT2D eigenvalue weighted by Gasteiger charge is 2.15. The minimum atomic E-state index is 0.0444. The van der Waals surface area contributed by atoms with Gasteiger partial charge in [-0.25, -0.2) is 4.98 Å². The van der Waals surface area contributed by atoms with E-state index in [-0.39, 0.29) is 11.2 Å². The highest BCUT2D eigenvalue weighted by molar-refractivity contribution is 5.97. The van der Waals surface area contributed by atoms with Crippen LogP contribution in [0.2, 0.25) is 0 Å². The zero-order valence-corrected chi connectivity index (χ0v) is 14.4. The van der Waals surface area contributed by atoms with Gasteiger partial charge < -0.3 is 4.57 Å². The Hall–Kier alpha value is -2.68. The van der Waals surface area contributed by atoms with Gasteiger partial charge in [-0.1, -0.05) is 51.1 Å². The molecular weight excluding hydrogens is 296 g/mol. The summed E-state index contributed by atoms with van der Waals surface area (Å²) in [6, 6.07) is 16.0. The minimum Gasteiger partial charge on any atom is -0.306 e. The van der Waals surface area contributed by atoms with E-state index in [1.54, 1.807) is 12.5 Å². The second-order valence-electron chi connectivity index (χ2n) is 7.07. The van der Waals surface area contributed by atoms with E-state index in [1.807, 2.05) is 53.2 Å². The standard InChI is InChI=1S/C21H22N2O/c1-21(2,3)18-6-4-5-17(14-18)20(24)13-16-7-9-19(10-8-16)23-12-11-22-15-23/h4-12,14-15H,13H2,1-3H3. The fourth-order valence-corrected chi connectivity index (χ4v) is 2.64. The first-order valence-corrected chi connectivity index (χ1v) is 8.14. The molecule has 1 heterocycles. The fourth-order valence-electron chi connectivity index (χ4n) is 2.64. The number of ketones is 1. The van der Waals surface area contributed by atoms with Crippen LogP contribution >= 0.6 is 0 Å². The Morgan fingerprint density at radius 1 is 1.08 bits per heavy atom. The Morgan fingerprint density at radius 3 is 2.46 bits per heavy atom. The highest BCUT2D eigenvalue weighted by Crippen LogP contribution is 2.23. The molecule has 0 radical (unpaired) electrons. The first kappa shape index (κ1) is 16.2. The first-order chi connectivity index (χ1) is 11.4. The van der Waals surface area contributed by atoms with E-state index in [9.17, 15) is 4.79 Å². The molecule has 1 aromatic heterocycles. The van der Waals surface area contributed by atoms with Crippen molar-refractivity contribution in [2.75, 3.05) is 0 Å². The lowest BCUT2D eigenvalue weighted by Gasteiger charge is -2.19. The van der Waals surface area contributed by atoms with Crippen molar-refractivity contribution in [3.63, 3.8) is 0 Å². The van der Waals surface area contributed by atoms with Crippen molar-refractivity contribution >= 4 is 5.78 Å². The van der Waals surface area contributed by atoms with Gasteiger partial charge in [0.05, 0.1) is 6.33 Å². The van der Waals surface area contributed by atoms with Crippen LogP contribution in [0.3, 0.4) is 0 Å².